The Balaban J connectivity index is 1.50. The van der Waals surface area contributed by atoms with Gasteiger partial charge in [-0.1, -0.05) is 12.8 Å². The van der Waals surface area contributed by atoms with Gasteiger partial charge >= 0.3 is 0 Å². The van der Waals surface area contributed by atoms with Crippen molar-refractivity contribution in [2.75, 3.05) is 31.6 Å². The van der Waals surface area contributed by atoms with E-state index in [1.807, 2.05) is 0 Å². The van der Waals surface area contributed by atoms with Gasteiger partial charge in [-0.25, -0.2) is 0 Å². The second kappa shape index (κ2) is 6.87. The Kier molecular flexibility index (Phi) is 5.46. The van der Waals surface area contributed by atoms with E-state index in [1.165, 1.54) is 63.1 Å². The van der Waals surface area contributed by atoms with Crippen LogP contribution >= 0.6 is 11.8 Å². The lowest BCUT2D eigenvalue weighted by Gasteiger charge is -2.23. The molecular formula is C13H26N2S. The standard InChI is InChI=1S/C13H26N2S/c1-15(13-7-10-16-11-13)9-4-8-14-12-5-2-3-6-12/h12-14H,2-11H2,1H3. The molecule has 1 N–H and O–H groups in total. The Morgan fingerprint density at radius 3 is 2.75 bits per heavy atom. The summed E-state index contributed by atoms with van der Waals surface area (Å²) in [6, 6.07) is 1.70. The molecule has 16 heavy (non-hydrogen) atoms. The molecule has 2 fully saturated rings. The number of thioether (sulfide) groups is 1. The molecule has 1 saturated carbocycles. The minimum absolute atomic E-state index is 0.840. The fourth-order valence-corrected chi connectivity index (χ4v) is 4.12. The quantitative estimate of drug-likeness (QED) is 0.720. The van der Waals surface area contributed by atoms with Crippen LogP contribution in [0.2, 0.25) is 0 Å². The predicted octanol–water partition coefficient (Wildman–Crippen LogP) is 2.35. The third-order valence-corrected chi connectivity index (χ3v) is 5.15. The zero-order valence-electron chi connectivity index (χ0n) is 10.6. The summed E-state index contributed by atoms with van der Waals surface area (Å²) in [6.45, 7) is 2.49. The Hall–Kier alpha value is 0.270. The minimum atomic E-state index is 0.840. The van der Waals surface area contributed by atoms with E-state index in [4.69, 9.17) is 0 Å². The van der Waals surface area contributed by atoms with E-state index >= 15 is 0 Å². The van der Waals surface area contributed by atoms with E-state index in [2.05, 4.69) is 29.0 Å². The average molecular weight is 242 g/mol. The normalized spacial score (nSPS) is 27.0. The van der Waals surface area contributed by atoms with Gasteiger partial charge in [0.2, 0.25) is 0 Å². The maximum Gasteiger partial charge on any atom is 0.0191 e. The van der Waals surface area contributed by atoms with E-state index < -0.39 is 0 Å². The highest BCUT2D eigenvalue weighted by Crippen LogP contribution is 2.21. The van der Waals surface area contributed by atoms with Crippen LogP contribution in [-0.2, 0) is 0 Å². The first-order chi connectivity index (χ1) is 7.86. The van der Waals surface area contributed by atoms with Gasteiger partial charge in [0.1, 0.15) is 0 Å². The molecule has 1 aliphatic heterocycles. The molecule has 2 rings (SSSR count). The molecule has 94 valence electrons. The maximum atomic E-state index is 3.70. The molecule has 0 aromatic carbocycles. The summed E-state index contributed by atoms with van der Waals surface area (Å²) in [7, 11) is 2.30. The van der Waals surface area contributed by atoms with Crippen molar-refractivity contribution < 1.29 is 0 Å². The third kappa shape index (κ3) is 3.94. The zero-order chi connectivity index (χ0) is 11.2. The van der Waals surface area contributed by atoms with Crippen LogP contribution in [0.25, 0.3) is 0 Å². The van der Waals surface area contributed by atoms with E-state index in [1.54, 1.807) is 0 Å². The molecule has 3 heteroatoms. The molecule has 1 saturated heterocycles. The van der Waals surface area contributed by atoms with Crippen molar-refractivity contribution in [3.8, 4) is 0 Å². The van der Waals surface area contributed by atoms with Gasteiger partial charge in [0.15, 0.2) is 0 Å². The summed E-state index contributed by atoms with van der Waals surface area (Å²) >= 11 is 2.11. The highest BCUT2D eigenvalue weighted by atomic mass is 32.2. The lowest BCUT2D eigenvalue weighted by Crippen LogP contribution is -2.35. The molecule has 2 aliphatic rings. The van der Waals surface area contributed by atoms with Crippen LogP contribution in [0.15, 0.2) is 0 Å². The van der Waals surface area contributed by atoms with E-state index in [0.29, 0.717) is 0 Å². The van der Waals surface area contributed by atoms with Crippen LogP contribution in [0.3, 0.4) is 0 Å². The summed E-state index contributed by atoms with van der Waals surface area (Å²) in [5.41, 5.74) is 0. The van der Waals surface area contributed by atoms with Crippen LogP contribution < -0.4 is 5.32 Å². The van der Waals surface area contributed by atoms with Crippen molar-refractivity contribution in [2.24, 2.45) is 0 Å². The number of hydrogen-bond acceptors (Lipinski definition) is 3. The fourth-order valence-electron chi connectivity index (χ4n) is 2.82. The van der Waals surface area contributed by atoms with Gasteiger partial charge in [0.25, 0.3) is 0 Å². The summed E-state index contributed by atoms with van der Waals surface area (Å²) in [6.07, 6.45) is 8.42. The molecule has 0 amide bonds. The smallest absolute Gasteiger partial charge is 0.0191 e. The van der Waals surface area contributed by atoms with Crippen LogP contribution in [0.4, 0.5) is 0 Å². The number of nitrogens with one attached hydrogen (secondary N) is 1. The Labute approximate surface area is 105 Å². The summed E-state index contributed by atoms with van der Waals surface area (Å²) < 4.78 is 0. The van der Waals surface area contributed by atoms with Crippen molar-refractivity contribution >= 4 is 11.8 Å². The first kappa shape index (κ1) is 12.7. The lowest BCUT2D eigenvalue weighted by molar-refractivity contribution is 0.257. The topological polar surface area (TPSA) is 15.3 Å². The third-order valence-electron chi connectivity index (χ3n) is 4.00. The Morgan fingerprint density at radius 1 is 1.25 bits per heavy atom. The minimum Gasteiger partial charge on any atom is -0.314 e. The van der Waals surface area contributed by atoms with E-state index in [-0.39, 0.29) is 0 Å². The maximum absolute atomic E-state index is 3.70. The largest absolute Gasteiger partial charge is 0.314 e. The van der Waals surface area contributed by atoms with Crippen LogP contribution in [0.1, 0.15) is 38.5 Å². The fraction of sp³-hybridized carbons (Fsp3) is 1.00. The van der Waals surface area contributed by atoms with Gasteiger partial charge in [-0.15, -0.1) is 0 Å². The number of nitrogens with zero attached hydrogens (tertiary/aromatic N) is 1. The summed E-state index contributed by atoms with van der Waals surface area (Å²) in [5.74, 6) is 2.72. The summed E-state index contributed by atoms with van der Waals surface area (Å²) in [4.78, 5) is 2.57. The van der Waals surface area contributed by atoms with E-state index in [9.17, 15) is 0 Å². The molecule has 0 bridgehead atoms. The van der Waals surface area contributed by atoms with Gasteiger partial charge < -0.3 is 10.2 Å². The summed E-state index contributed by atoms with van der Waals surface area (Å²) in [5, 5.41) is 3.70. The monoisotopic (exact) mass is 242 g/mol. The van der Waals surface area contributed by atoms with Gasteiger partial charge in [0.05, 0.1) is 0 Å². The second-order valence-corrected chi connectivity index (χ2v) is 6.44. The molecule has 1 atom stereocenters. The molecule has 1 heterocycles. The van der Waals surface area contributed by atoms with Crippen LogP contribution in [0.5, 0.6) is 0 Å². The van der Waals surface area contributed by atoms with E-state index in [0.717, 1.165) is 12.1 Å². The highest BCUT2D eigenvalue weighted by molar-refractivity contribution is 7.99. The molecule has 0 spiro atoms. The Bertz CT molecular complexity index is 186. The number of hydrogen-bond donors (Lipinski definition) is 1. The first-order valence-electron chi connectivity index (χ1n) is 6.87. The highest BCUT2D eigenvalue weighted by Gasteiger charge is 2.19. The van der Waals surface area contributed by atoms with Crippen molar-refractivity contribution in [2.45, 2.75) is 50.6 Å². The molecule has 1 unspecified atom stereocenters. The van der Waals surface area contributed by atoms with Crippen LogP contribution in [0, 0.1) is 0 Å². The molecule has 1 aliphatic carbocycles. The molecule has 0 aromatic heterocycles. The van der Waals surface area contributed by atoms with Crippen molar-refractivity contribution in [3.63, 3.8) is 0 Å². The lowest BCUT2D eigenvalue weighted by atomic mass is 10.2. The van der Waals surface area contributed by atoms with Gasteiger partial charge in [0, 0.05) is 17.8 Å². The van der Waals surface area contributed by atoms with Crippen molar-refractivity contribution in [3.05, 3.63) is 0 Å². The van der Waals surface area contributed by atoms with Crippen molar-refractivity contribution in [1.29, 1.82) is 0 Å². The molecule has 0 radical (unpaired) electrons. The SMILES string of the molecule is CN(CCCNC1CCCC1)C1CCSC1. The van der Waals surface area contributed by atoms with Crippen molar-refractivity contribution in [1.82, 2.24) is 10.2 Å². The van der Waals surface area contributed by atoms with Gasteiger partial charge in [-0.3, -0.25) is 0 Å². The van der Waals surface area contributed by atoms with Gasteiger partial charge in [-0.05, 0) is 51.6 Å². The molecule has 0 aromatic rings. The number of rotatable bonds is 6. The Morgan fingerprint density at radius 2 is 2.06 bits per heavy atom. The first-order valence-corrected chi connectivity index (χ1v) is 8.03. The zero-order valence-corrected chi connectivity index (χ0v) is 11.4. The molecule has 2 nitrogen and oxygen atoms in total. The second-order valence-electron chi connectivity index (χ2n) is 5.29. The van der Waals surface area contributed by atoms with Gasteiger partial charge in [-0.2, -0.15) is 11.8 Å². The van der Waals surface area contributed by atoms with Crippen LogP contribution in [-0.4, -0.2) is 48.6 Å². The predicted molar refractivity (Wildman–Crippen MR) is 73.2 cm³/mol. The average Bonchev–Trinajstić information content (AvgIpc) is 2.96. The molecular weight excluding hydrogens is 216 g/mol.